The lowest BCUT2D eigenvalue weighted by atomic mass is 9.95. The highest BCUT2D eigenvalue weighted by Crippen LogP contribution is 2.38. The van der Waals surface area contributed by atoms with Crippen molar-refractivity contribution in [1.82, 2.24) is 0 Å². The van der Waals surface area contributed by atoms with Crippen LogP contribution in [0.1, 0.15) is 27.4 Å². The van der Waals surface area contributed by atoms with Gasteiger partial charge in [-0.1, -0.05) is 42.5 Å². The molecule has 0 N–H and O–H groups in total. The van der Waals surface area contributed by atoms with E-state index in [1.54, 1.807) is 7.11 Å². The molecule has 1 aliphatic carbocycles. The van der Waals surface area contributed by atoms with Crippen LogP contribution in [0.2, 0.25) is 0 Å². The third kappa shape index (κ3) is 1.61. The summed E-state index contributed by atoms with van der Waals surface area (Å²) in [5.41, 5.74) is 2.93. The molecule has 18 heavy (non-hydrogen) atoms. The molecule has 0 radical (unpaired) electrons. The lowest BCUT2D eigenvalue weighted by Crippen LogP contribution is -2.06. The Morgan fingerprint density at radius 1 is 1.06 bits per heavy atom. The molecule has 0 aromatic heterocycles. The zero-order valence-electron chi connectivity index (χ0n) is 10.2. The van der Waals surface area contributed by atoms with Crippen molar-refractivity contribution in [3.05, 3.63) is 65.2 Å². The minimum Gasteiger partial charge on any atom is -0.496 e. The first-order valence-corrected chi connectivity index (χ1v) is 6.06. The zero-order valence-corrected chi connectivity index (χ0v) is 10.2. The summed E-state index contributed by atoms with van der Waals surface area (Å²) in [6.07, 6.45) is 0.738. The van der Waals surface area contributed by atoms with Crippen LogP contribution < -0.4 is 4.74 Å². The summed E-state index contributed by atoms with van der Waals surface area (Å²) in [5.74, 6) is 0.965. The van der Waals surface area contributed by atoms with Gasteiger partial charge in [0.15, 0.2) is 5.78 Å². The summed E-state index contributed by atoms with van der Waals surface area (Å²) in [5, 5.41) is 0. The molecular weight excluding hydrogens is 224 g/mol. The average molecular weight is 238 g/mol. The number of hydrogen-bond acceptors (Lipinski definition) is 2. The van der Waals surface area contributed by atoms with Gasteiger partial charge in [-0.05, 0) is 18.1 Å². The van der Waals surface area contributed by atoms with Crippen LogP contribution in [0, 0.1) is 0 Å². The van der Waals surface area contributed by atoms with E-state index in [0.717, 1.165) is 28.9 Å². The van der Waals surface area contributed by atoms with Gasteiger partial charge in [0.2, 0.25) is 0 Å². The molecule has 0 amide bonds. The molecule has 0 spiro atoms. The molecule has 0 heterocycles. The molecule has 0 saturated carbocycles. The van der Waals surface area contributed by atoms with E-state index in [1.165, 1.54) is 0 Å². The van der Waals surface area contributed by atoms with E-state index >= 15 is 0 Å². The fraction of sp³-hybridized carbons (Fsp3) is 0.188. The van der Waals surface area contributed by atoms with Crippen molar-refractivity contribution in [2.75, 3.05) is 7.11 Å². The Hall–Kier alpha value is -2.09. The summed E-state index contributed by atoms with van der Waals surface area (Å²) in [6, 6.07) is 15.6. The largest absolute Gasteiger partial charge is 0.496 e. The Morgan fingerprint density at radius 3 is 2.56 bits per heavy atom. The summed E-state index contributed by atoms with van der Waals surface area (Å²) >= 11 is 0. The zero-order chi connectivity index (χ0) is 12.5. The van der Waals surface area contributed by atoms with Crippen LogP contribution in [0.3, 0.4) is 0 Å². The van der Waals surface area contributed by atoms with E-state index in [9.17, 15) is 4.79 Å². The average Bonchev–Trinajstić information content (AvgIpc) is 2.77. The third-order valence-electron chi connectivity index (χ3n) is 3.55. The number of Topliss-reactive ketones (excluding diaryl/α,β-unsaturated/α-hetero) is 1. The van der Waals surface area contributed by atoms with Gasteiger partial charge in [0.05, 0.1) is 13.0 Å². The van der Waals surface area contributed by atoms with Crippen molar-refractivity contribution in [3.63, 3.8) is 0 Å². The minimum atomic E-state index is -0.0579. The van der Waals surface area contributed by atoms with Crippen LogP contribution in [-0.4, -0.2) is 12.9 Å². The van der Waals surface area contributed by atoms with Gasteiger partial charge < -0.3 is 4.74 Å². The van der Waals surface area contributed by atoms with Crippen molar-refractivity contribution in [3.8, 4) is 5.75 Å². The first kappa shape index (κ1) is 11.0. The Kier molecular flexibility index (Phi) is 2.63. The van der Waals surface area contributed by atoms with Gasteiger partial charge in [-0.2, -0.15) is 0 Å². The normalized spacial score (nSPS) is 17.6. The van der Waals surface area contributed by atoms with Crippen molar-refractivity contribution < 1.29 is 9.53 Å². The van der Waals surface area contributed by atoms with Crippen molar-refractivity contribution in [2.24, 2.45) is 0 Å². The lowest BCUT2D eigenvalue weighted by Gasteiger charge is -2.07. The maximum Gasteiger partial charge on any atom is 0.171 e. The molecule has 0 bridgehead atoms. The summed E-state index contributed by atoms with van der Waals surface area (Å²) in [7, 11) is 1.65. The molecule has 3 rings (SSSR count). The minimum absolute atomic E-state index is 0.0579. The SMILES string of the molecule is COc1cccc2c1CC(c1ccccc1)C2=O. The molecule has 2 aromatic carbocycles. The first-order valence-electron chi connectivity index (χ1n) is 6.06. The van der Waals surface area contributed by atoms with E-state index in [0.29, 0.717) is 0 Å². The molecule has 2 nitrogen and oxygen atoms in total. The Balaban J connectivity index is 2.04. The highest BCUT2D eigenvalue weighted by atomic mass is 16.5. The molecule has 0 aliphatic heterocycles. The molecule has 1 aliphatic rings. The highest BCUT2D eigenvalue weighted by molar-refractivity contribution is 6.05. The molecule has 0 fully saturated rings. The molecule has 0 saturated heterocycles. The van der Waals surface area contributed by atoms with Gasteiger partial charge >= 0.3 is 0 Å². The smallest absolute Gasteiger partial charge is 0.171 e. The van der Waals surface area contributed by atoms with Crippen LogP contribution in [0.5, 0.6) is 5.75 Å². The van der Waals surface area contributed by atoms with Crippen LogP contribution >= 0.6 is 0 Å². The predicted octanol–water partition coefficient (Wildman–Crippen LogP) is 3.22. The third-order valence-corrected chi connectivity index (χ3v) is 3.55. The molecule has 90 valence electrons. The van der Waals surface area contributed by atoms with Gasteiger partial charge in [-0.3, -0.25) is 4.79 Å². The van der Waals surface area contributed by atoms with Gasteiger partial charge in [0, 0.05) is 11.1 Å². The van der Waals surface area contributed by atoms with Crippen molar-refractivity contribution in [1.29, 1.82) is 0 Å². The monoisotopic (exact) mass is 238 g/mol. The number of methoxy groups -OCH3 is 1. The standard InChI is InChI=1S/C16H14O2/c1-18-15-9-5-8-12-14(15)10-13(16(12)17)11-6-3-2-4-7-11/h2-9,13H,10H2,1H3. The van der Waals surface area contributed by atoms with Crippen LogP contribution in [0.15, 0.2) is 48.5 Å². The number of hydrogen-bond donors (Lipinski definition) is 0. The van der Waals surface area contributed by atoms with E-state index in [1.807, 2.05) is 48.5 Å². The maximum atomic E-state index is 12.4. The summed E-state index contributed by atoms with van der Waals surface area (Å²) in [4.78, 5) is 12.4. The maximum absolute atomic E-state index is 12.4. The first-order chi connectivity index (χ1) is 8.81. The fourth-order valence-corrected chi connectivity index (χ4v) is 2.64. The number of ketones is 1. The Bertz CT molecular complexity index is 587. The predicted molar refractivity (Wildman–Crippen MR) is 70.2 cm³/mol. The molecular formula is C16H14O2. The molecule has 1 atom stereocenters. The molecule has 1 unspecified atom stereocenters. The number of benzene rings is 2. The van der Waals surface area contributed by atoms with Crippen LogP contribution in [0.4, 0.5) is 0 Å². The molecule has 2 aromatic rings. The second kappa shape index (κ2) is 4.30. The number of rotatable bonds is 2. The number of carbonyl (C=O) groups excluding carboxylic acids is 1. The van der Waals surface area contributed by atoms with Crippen molar-refractivity contribution >= 4 is 5.78 Å². The van der Waals surface area contributed by atoms with Gasteiger partial charge in [0.25, 0.3) is 0 Å². The lowest BCUT2D eigenvalue weighted by molar-refractivity contribution is 0.0973. The van der Waals surface area contributed by atoms with Crippen LogP contribution in [0.25, 0.3) is 0 Å². The van der Waals surface area contributed by atoms with E-state index in [4.69, 9.17) is 4.74 Å². The quantitative estimate of drug-likeness (QED) is 0.803. The van der Waals surface area contributed by atoms with Gasteiger partial charge in [-0.15, -0.1) is 0 Å². The topological polar surface area (TPSA) is 26.3 Å². The number of carbonyl (C=O) groups is 1. The number of ether oxygens (including phenoxy) is 1. The van der Waals surface area contributed by atoms with E-state index in [2.05, 4.69) is 0 Å². The Morgan fingerprint density at radius 2 is 1.83 bits per heavy atom. The highest BCUT2D eigenvalue weighted by Gasteiger charge is 2.33. The summed E-state index contributed by atoms with van der Waals surface area (Å²) < 4.78 is 5.34. The molecule has 2 heteroatoms. The fourth-order valence-electron chi connectivity index (χ4n) is 2.64. The second-order valence-electron chi connectivity index (χ2n) is 4.52. The van der Waals surface area contributed by atoms with E-state index < -0.39 is 0 Å². The van der Waals surface area contributed by atoms with E-state index in [-0.39, 0.29) is 11.7 Å². The number of fused-ring (bicyclic) bond motifs is 1. The van der Waals surface area contributed by atoms with Crippen molar-refractivity contribution in [2.45, 2.75) is 12.3 Å². The van der Waals surface area contributed by atoms with Gasteiger partial charge in [-0.25, -0.2) is 0 Å². The Labute approximate surface area is 106 Å². The summed E-state index contributed by atoms with van der Waals surface area (Å²) in [6.45, 7) is 0. The second-order valence-corrected chi connectivity index (χ2v) is 4.52. The van der Waals surface area contributed by atoms with Gasteiger partial charge in [0.1, 0.15) is 5.75 Å². The van der Waals surface area contributed by atoms with Crippen LogP contribution in [-0.2, 0) is 6.42 Å².